The molecule has 0 fully saturated rings. The Morgan fingerprint density at radius 3 is 1.00 bits per heavy atom. The molecule has 13 heteroatoms. The quantitative estimate of drug-likeness (QED) is 0.208. The predicted octanol–water partition coefficient (Wildman–Crippen LogP) is 7.49. The van der Waals surface area contributed by atoms with Gasteiger partial charge in [-0.05, 0) is 78.1 Å². The van der Waals surface area contributed by atoms with Crippen molar-refractivity contribution < 1.29 is 12.3 Å². The van der Waals surface area contributed by atoms with E-state index in [1.807, 2.05) is 13.1 Å². The van der Waals surface area contributed by atoms with Gasteiger partial charge in [0.25, 0.3) is 6.69 Å². The first-order chi connectivity index (χ1) is 11.0. The molecule has 0 aromatic heterocycles. The molecular formula is C13H36Cl4O3Si6. The topological polar surface area (TPSA) is 27.7 Å². The van der Waals surface area contributed by atoms with Crippen LogP contribution in [0.1, 0.15) is 0 Å². The summed E-state index contributed by atoms with van der Waals surface area (Å²) in [4.78, 5) is 0. The average Bonchev–Trinajstić information content (AvgIpc) is 2.14. The van der Waals surface area contributed by atoms with Gasteiger partial charge in [0.1, 0.15) is 0 Å². The highest BCUT2D eigenvalue weighted by molar-refractivity contribution is 7.50. The molecule has 3 nitrogen and oxygen atoms in total. The molecule has 0 aliphatic carbocycles. The number of halogens is 4. The summed E-state index contributed by atoms with van der Waals surface area (Å²) in [6.45, 7) is 17.8. The van der Waals surface area contributed by atoms with Crippen molar-refractivity contribution in [2.75, 3.05) is 0 Å². The van der Waals surface area contributed by atoms with Crippen molar-refractivity contribution in [1.82, 2.24) is 0 Å². The summed E-state index contributed by atoms with van der Waals surface area (Å²) in [6.07, 6.45) is 0. The second-order valence-electron chi connectivity index (χ2n) is 10.0. The Labute approximate surface area is 186 Å². The molecule has 0 bridgehead atoms. The summed E-state index contributed by atoms with van der Waals surface area (Å²) < 4.78 is 20.4. The third-order valence-corrected chi connectivity index (χ3v) is 24.5. The Morgan fingerprint density at radius 1 is 0.577 bits per heavy atom. The minimum absolute atomic E-state index is 0.241. The number of hydrogen-bond acceptors (Lipinski definition) is 3. The van der Waals surface area contributed by atoms with Gasteiger partial charge < -0.3 is 12.3 Å². The highest BCUT2D eigenvalue weighted by Gasteiger charge is 2.63. The zero-order valence-corrected chi connectivity index (χ0v) is 27.0. The molecule has 0 heterocycles. The van der Waals surface area contributed by atoms with Crippen LogP contribution >= 0.6 is 44.3 Å². The lowest BCUT2D eigenvalue weighted by Gasteiger charge is -2.48. The summed E-state index contributed by atoms with van der Waals surface area (Å²) in [5, 5.41) is -0.241. The first-order valence-corrected chi connectivity index (χ1v) is 30.2. The van der Waals surface area contributed by atoms with Gasteiger partial charge in [0.15, 0.2) is 25.0 Å². The Bertz CT molecular complexity index is 422. The predicted molar refractivity (Wildman–Crippen MR) is 134 cm³/mol. The van der Waals surface area contributed by atoms with Crippen molar-refractivity contribution in [2.45, 2.75) is 83.2 Å². The van der Waals surface area contributed by atoms with Crippen molar-refractivity contribution in [3.8, 4) is 0 Å². The van der Waals surface area contributed by atoms with E-state index >= 15 is 0 Å². The molecule has 0 radical (unpaired) electrons. The maximum absolute atomic E-state index is 6.83. The molecule has 0 aliphatic heterocycles. The standard InChI is InChI=1S/C13H36Cl4O3Si6/c1-21(2,3)18-26(19-22(4,5)6,20-23(7,8)9)13(25(11,16)17)12-24(10,14)15/h13H,12H2,1-11H3. The highest BCUT2D eigenvalue weighted by atomic mass is 35.7. The minimum atomic E-state index is -3.23. The van der Waals surface area contributed by atoms with E-state index < -0.39 is 47.1 Å². The van der Waals surface area contributed by atoms with E-state index in [4.69, 9.17) is 56.7 Å². The van der Waals surface area contributed by atoms with Crippen LogP contribution in [0, 0.1) is 0 Å². The first-order valence-electron chi connectivity index (χ1n) is 8.82. The molecule has 158 valence electrons. The molecule has 0 saturated heterocycles. The van der Waals surface area contributed by atoms with E-state index in [0.717, 1.165) is 0 Å². The maximum Gasteiger partial charge on any atom is 0.472 e. The van der Waals surface area contributed by atoms with Crippen LogP contribution in [0.25, 0.3) is 0 Å². The summed E-state index contributed by atoms with van der Waals surface area (Å²) in [6, 6.07) is 0.525. The van der Waals surface area contributed by atoms with E-state index in [1.165, 1.54) is 0 Å². The van der Waals surface area contributed by atoms with Crippen molar-refractivity contribution in [3.63, 3.8) is 0 Å². The summed E-state index contributed by atoms with van der Waals surface area (Å²) in [5.41, 5.74) is 0. The third-order valence-electron chi connectivity index (χ3n) is 2.95. The molecule has 0 aromatic rings. The van der Waals surface area contributed by atoms with Crippen LogP contribution in [-0.4, -0.2) is 47.1 Å². The van der Waals surface area contributed by atoms with Gasteiger partial charge in [-0.25, -0.2) is 0 Å². The minimum Gasteiger partial charge on any atom is -0.417 e. The van der Waals surface area contributed by atoms with E-state index in [-0.39, 0.29) is 5.16 Å². The molecule has 26 heavy (non-hydrogen) atoms. The Kier molecular flexibility index (Phi) is 10.1. The molecule has 1 unspecified atom stereocenters. The largest absolute Gasteiger partial charge is 0.472 e. The third kappa shape index (κ3) is 12.1. The second kappa shape index (κ2) is 9.23. The fourth-order valence-corrected chi connectivity index (χ4v) is 32.1. The zero-order chi connectivity index (χ0) is 21.4. The van der Waals surface area contributed by atoms with E-state index in [0.29, 0.717) is 6.04 Å². The van der Waals surface area contributed by atoms with Crippen LogP contribution in [0.3, 0.4) is 0 Å². The van der Waals surface area contributed by atoms with Crippen molar-refractivity contribution in [1.29, 1.82) is 0 Å². The molecule has 0 spiro atoms. The summed E-state index contributed by atoms with van der Waals surface area (Å²) in [5.74, 6) is 0. The van der Waals surface area contributed by atoms with Crippen LogP contribution in [0.4, 0.5) is 0 Å². The van der Waals surface area contributed by atoms with E-state index in [1.54, 1.807) is 0 Å². The molecule has 0 N–H and O–H groups in total. The monoisotopic (exact) mass is 548 g/mol. The molecule has 0 saturated carbocycles. The fraction of sp³-hybridized carbons (Fsp3) is 1.00. The van der Waals surface area contributed by atoms with Crippen molar-refractivity contribution in [3.05, 3.63) is 0 Å². The second-order valence-corrected chi connectivity index (χ2v) is 43.7. The molecular weight excluding hydrogens is 514 g/mol. The summed E-state index contributed by atoms with van der Waals surface area (Å²) >= 11 is 26.8. The van der Waals surface area contributed by atoms with Gasteiger partial charge in [-0.1, -0.05) is 0 Å². The lowest BCUT2D eigenvalue weighted by molar-refractivity contribution is 0.248. The molecule has 0 amide bonds. The Morgan fingerprint density at radius 2 is 0.846 bits per heavy atom. The van der Waals surface area contributed by atoms with Gasteiger partial charge in [0, 0.05) is 5.16 Å². The van der Waals surface area contributed by atoms with Crippen LogP contribution < -0.4 is 0 Å². The molecule has 0 aliphatic rings. The molecule has 0 aromatic carbocycles. The van der Waals surface area contributed by atoms with Gasteiger partial charge in [-0.2, -0.15) is 0 Å². The normalized spacial score (nSPS) is 16.7. The van der Waals surface area contributed by atoms with Crippen LogP contribution in [0.15, 0.2) is 0 Å². The van der Waals surface area contributed by atoms with Crippen LogP contribution in [0.2, 0.25) is 83.2 Å². The smallest absolute Gasteiger partial charge is 0.417 e. The fourth-order valence-electron chi connectivity index (χ4n) is 2.53. The van der Waals surface area contributed by atoms with Crippen LogP contribution in [0.5, 0.6) is 0 Å². The average molecular weight is 551 g/mol. The van der Waals surface area contributed by atoms with Crippen molar-refractivity contribution in [2.24, 2.45) is 0 Å². The van der Waals surface area contributed by atoms with Crippen LogP contribution in [-0.2, 0) is 12.3 Å². The van der Waals surface area contributed by atoms with Gasteiger partial charge in [-0.3, -0.25) is 0 Å². The van der Waals surface area contributed by atoms with Gasteiger partial charge in [0.2, 0.25) is 6.69 Å². The lowest BCUT2D eigenvalue weighted by Crippen LogP contribution is -2.66. The molecule has 1 atom stereocenters. The summed E-state index contributed by atoms with van der Waals surface area (Å²) in [7, 11) is -9.28. The highest BCUT2D eigenvalue weighted by Crippen LogP contribution is 2.48. The first kappa shape index (κ1) is 28.3. The maximum atomic E-state index is 6.83. The Hall–Kier alpha value is 2.34. The van der Waals surface area contributed by atoms with Gasteiger partial charge >= 0.3 is 8.80 Å². The Balaban J connectivity index is 6.56. The van der Waals surface area contributed by atoms with Gasteiger partial charge in [-0.15, -0.1) is 44.3 Å². The van der Waals surface area contributed by atoms with Crippen molar-refractivity contribution >= 4 is 91.5 Å². The SMILES string of the molecule is C[Si](Cl)(Cl)CC([Si](C)(Cl)Cl)[Si](O[Si](C)(C)C)(O[Si](C)(C)C)O[Si](C)(C)C. The van der Waals surface area contributed by atoms with E-state index in [9.17, 15) is 0 Å². The number of hydrogen-bond donors (Lipinski definition) is 0. The van der Waals surface area contributed by atoms with Gasteiger partial charge in [0.05, 0.1) is 0 Å². The van der Waals surface area contributed by atoms with E-state index in [2.05, 4.69) is 58.9 Å². The number of rotatable bonds is 10. The molecule has 0 rings (SSSR count). The zero-order valence-electron chi connectivity index (χ0n) is 18.0. The lowest BCUT2D eigenvalue weighted by atomic mass is 10.9.